The van der Waals surface area contributed by atoms with E-state index in [9.17, 15) is 63.0 Å². The number of carbonyl (C=O) groups is 11. The number of aromatic amines is 2. The fraction of sp³-hybridized carbons (Fsp3) is 0.527. The Morgan fingerprint density at radius 3 is 1.35 bits per heavy atom. The molecule has 512 valence electrons. The molecule has 37 nitrogen and oxygen atoms in total. The van der Waals surface area contributed by atoms with Crippen LogP contribution in [0.4, 0.5) is 0 Å². The van der Waals surface area contributed by atoms with Crippen LogP contribution in [0.1, 0.15) is 81.7 Å². The van der Waals surface area contributed by atoms with E-state index in [0.717, 1.165) is 6.92 Å². The number of nitrogens with zero attached hydrogens (tertiary/aromatic N) is 5. The van der Waals surface area contributed by atoms with Gasteiger partial charge >= 0.3 is 11.9 Å². The first-order valence-electron chi connectivity index (χ1n) is 29.4. The van der Waals surface area contributed by atoms with Crippen molar-refractivity contribution >= 4 is 94.7 Å². The number of rotatable bonds is 44. The number of aromatic nitrogens is 4. The lowest BCUT2D eigenvalue weighted by Gasteiger charge is -2.28. The number of hydrogen-bond acceptors (Lipinski definition) is 19. The minimum absolute atomic E-state index is 0.0109. The number of H-pyrrole nitrogens is 2. The second-order valence-corrected chi connectivity index (χ2v) is 22.2. The molecule has 38 heteroatoms. The van der Waals surface area contributed by atoms with E-state index in [1.165, 1.54) is 36.8 Å². The van der Waals surface area contributed by atoms with E-state index in [-0.39, 0.29) is 114 Å². The molecule has 0 spiro atoms. The van der Waals surface area contributed by atoms with Gasteiger partial charge in [-0.25, -0.2) is 14.8 Å². The molecule has 0 unspecified atom stereocenters. The fourth-order valence-electron chi connectivity index (χ4n) is 8.75. The average Bonchev–Trinajstić information content (AvgIpc) is 2.94. The highest BCUT2D eigenvalue weighted by atomic mass is 32.2. The molecule has 1 aromatic carbocycles. The maximum Gasteiger partial charge on any atom is 0.326 e. The first kappa shape index (κ1) is 77.1. The molecule has 9 amide bonds. The molecule has 0 saturated carbocycles. The molecule has 3 aromatic rings. The number of amides is 9. The van der Waals surface area contributed by atoms with E-state index in [2.05, 4.69) is 82.8 Å². The standard InChI is InChI=1S/C55H87N23O14S/c1-29(79)43(78-41(80)26-68-45(84)38(21-30-9-4-3-5-10-30)75-44(83)33(56)14-15-42(81)82)51(90)73-35(12-7-18-66-54(59)60)47(86)76-39(22-31-24-63-27-69-31)49(88)72-36(16-20-93-2)48(87)71-34(11-6-17-65-53(57)58)46(85)77-40(23-32-25-64-28-70-32)50(89)74-37(52(91)92)13-8-19-67-55(61)62/h3-5,9-10,24-25,27-29,33-40,43,79H,6-8,11-23,26,56H2,1-2H3,(H,63,69)(H,64,70)(H,68,84)(H,71,87)(H,72,88)(H,73,90)(H,74,89)(H,75,83)(H,76,86)(H,77,85)(H,78,80)(H,81,82)(H,91,92)(H4,57,58,65)(H4,59,60,66)(H4,61,62,67)/t29-,33+,34+,35+,36+,37+,38+,39+,40+,43+/m1/s1. The summed E-state index contributed by atoms with van der Waals surface area (Å²) < 4.78 is 0. The van der Waals surface area contributed by atoms with Crippen LogP contribution >= 0.6 is 11.8 Å². The summed E-state index contributed by atoms with van der Waals surface area (Å²) in [4.78, 5) is 175. The quantitative estimate of drug-likeness (QED) is 0.0142. The number of hydrogen-bond donors (Lipinski definition) is 21. The molecule has 0 bridgehead atoms. The van der Waals surface area contributed by atoms with Gasteiger partial charge in [0.05, 0.1) is 31.3 Å². The minimum atomic E-state index is -1.78. The molecule has 2 heterocycles. The second kappa shape index (κ2) is 41.3. The molecule has 2 aromatic heterocycles. The normalized spacial score (nSPS) is 14.1. The van der Waals surface area contributed by atoms with Gasteiger partial charge in [0.15, 0.2) is 17.9 Å². The topological polar surface area (TPSA) is 633 Å². The summed E-state index contributed by atoms with van der Waals surface area (Å²) in [5.41, 5.74) is 40.1. The highest BCUT2D eigenvalue weighted by molar-refractivity contribution is 7.98. The van der Waals surface area contributed by atoms with Crippen LogP contribution in [0.15, 0.2) is 70.4 Å². The number of thioether (sulfide) groups is 1. The summed E-state index contributed by atoms with van der Waals surface area (Å²) >= 11 is 1.30. The van der Waals surface area contributed by atoms with Gasteiger partial charge < -0.3 is 113 Å². The lowest BCUT2D eigenvalue weighted by Crippen LogP contribution is -2.61. The van der Waals surface area contributed by atoms with Crippen molar-refractivity contribution in [2.75, 3.05) is 38.2 Å². The Hall–Kier alpha value is -10.1. The number of nitrogens with two attached hydrogens (primary N) is 7. The van der Waals surface area contributed by atoms with Gasteiger partial charge in [-0.1, -0.05) is 30.3 Å². The first-order chi connectivity index (χ1) is 44.2. The molecule has 0 saturated heterocycles. The smallest absolute Gasteiger partial charge is 0.326 e. The number of carbonyl (C=O) groups excluding carboxylic acids is 9. The monoisotopic (exact) mass is 1330 g/mol. The van der Waals surface area contributed by atoms with Crippen LogP contribution in [-0.2, 0) is 72.0 Å². The highest BCUT2D eigenvalue weighted by Gasteiger charge is 2.36. The number of aliphatic imine (C=N–C) groups is 3. The van der Waals surface area contributed by atoms with Crippen molar-refractivity contribution in [2.24, 2.45) is 55.1 Å². The fourth-order valence-corrected chi connectivity index (χ4v) is 9.22. The average molecular weight is 1330 g/mol. The second-order valence-electron chi connectivity index (χ2n) is 21.2. The zero-order valence-corrected chi connectivity index (χ0v) is 52.3. The minimum Gasteiger partial charge on any atom is -0.481 e. The van der Waals surface area contributed by atoms with E-state index in [4.69, 9.17) is 45.2 Å². The Morgan fingerprint density at radius 1 is 0.527 bits per heavy atom. The van der Waals surface area contributed by atoms with Gasteiger partial charge in [0, 0.05) is 69.1 Å². The van der Waals surface area contributed by atoms with Crippen molar-refractivity contribution < 1.29 is 68.1 Å². The SMILES string of the molecule is CSCC[C@H](NC(=O)[C@H](Cc1cnc[nH]1)NC(=O)[C@H](CCCN=C(N)N)NC(=O)[C@@H](NC(=O)CNC(=O)[C@H](Cc1ccccc1)NC(=O)[C@@H](N)CCC(=O)O)[C@@H](C)O)C(=O)N[C@@H](CCCN=C(N)N)C(=O)N[C@@H](Cc1cnc[nH]1)C(=O)N[C@@H](CCCN=C(N)N)C(=O)O. The molecular weight excluding hydrogens is 1240 g/mol. The summed E-state index contributed by atoms with van der Waals surface area (Å²) in [6, 6.07) is -4.81. The molecule has 0 aliphatic carbocycles. The van der Waals surface area contributed by atoms with E-state index in [1.54, 1.807) is 36.6 Å². The van der Waals surface area contributed by atoms with Crippen LogP contribution in [-0.4, -0.2) is 217 Å². The van der Waals surface area contributed by atoms with Crippen molar-refractivity contribution in [3.8, 4) is 0 Å². The molecule has 0 aliphatic rings. The predicted octanol–water partition coefficient (Wildman–Crippen LogP) is -7.27. The van der Waals surface area contributed by atoms with Crippen molar-refractivity contribution in [1.29, 1.82) is 0 Å². The molecule has 28 N–H and O–H groups in total. The van der Waals surface area contributed by atoms with Gasteiger partial charge in [0.2, 0.25) is 53.2 Å². The zero-order valence-electron chi connectivity index (χ0n) is 51.5. The molecule has 0 aliphatic heterocycles. The predicted molar refractivity (Wildman–Crippen MR) is 340 cm³/mol. The Balaban J connectivity index is 1.91. The first-order valence-corrected chi connectivity index (χ1v) is 30.8. The van der Waals surface area contributed by atoms with Gasteiger partial charge in [-0.05, 0) is 75.9 Å². The lowest BCUT2D eigenvalue weighted by molar-refractivity contribution is -0.142. The zero-order chi connectivity index (χ0) is 69.0. The summed E-state index contributed by atoms with van der Waals surface area (Å²) in [5.74, 6) is -11.5. The van der Waals surface area contributed by atoms with E-state index >= 15 is 0 Å². The number of benzene rings is 1. The van der Waals surface area contributed by atoms with Crippen LogP contribution in [0.3, 0.4) is 0 Å². The summed E-state index contributed by atoms with van der Waals surface area (Å²) in [5, 5.41) is 52.5. The van der Waals surface area contributed by atoms with Gasteiger partial charge in [-0.3, -0.25) is 62.9 Å². The number of nitrogens with one attached hydrogen (secondary N) is 11. The van der Waals surface area contributed by atoms with E-state index < -0.39 is 139 Å². The highest BCUT2D eigenvalue weighted by Crippen LogP contribution is 2.12. The number of carboxylic acid groups (broad SMARTS) is 2. The van der Waals surface area contributed by atoms with E-state index in [0.29, 0.717) is 17.0 Å². The Kier molecular flexibility index (Phi) is 34.3. The molecule has 10 atom stereocenters. The maximum atomic E-state index is 14.6. The number of imidazole rings is 2. The molecule has 0 fully saturated rings. The van der Waals surface area contributed by atoms with Crippen LogP contribution in [0.2, 0.25) is 0 Å². The third kappa shape index (κ3) is 30.5. The number of aliphatic carboxylic acids is 2. The van der Waals surface area contributed by atoms with Crippen LogP contribution in [0, 0.1) is 0 Å². The van der Waals surface area contributed by atoms with Crippen molar-refractivity contribution in [3.05, 3.63) is 72.3 Å². The summed E-state index contributed by atoms with van der Waals surface area (Å²) in [6.07, 6.45) is 3.99. The van der Waals surface area contributed by atoms with Crippen LogP contribution < -0.4 is 88.0 Å². The molecule has 0 radical (unpaired) electrons. The van der Waals surface area contributed by atoms with Gasteiger partial charge in [0.1, 0.15) is 48.3 Å². The molecule has 93 heavy (non-hydrogen) atoms. The van der Waals surface area contributed by atoms with Crippen LogP contribution in [0.5, 0.6) is 0 Å². The Labute approximate surface area is 538 Å². The van der Waals surface area contributed by atoms with Gasteiger partial charge in [-0.2, -0.15) is 11.8 Å². The number of guanidine groups is 3. The maximum absolute atomic E-state index is 14.6. The van der Waals surface area contributed by atoms with Gasteiger partial charge in [0.25, 0.3) is 0 Å². The largest absolute Gasteiger partial charge is 0.481 e. The van der Waals surface area contributed by atoms with Gasteiger partial charge in [-0.15, -0.1) is 0 Å². The third-order valence-electron chi connectivity index (χ3n) is 13.6. The lowest BCUT2D eigenvalue weighted by atomic mass is 10.0. The third-order valence-corrected chi connectivity index (χ3v) is 14.3. The van der Waals surface area contributed by atoms with Crippen LogP contribution in [0.25, 0.3) is 0 Å². The van der Waals surface area contributed by atoms with Crippen molar-refractivity contribution in [2.45, 2.75) is 144 Å². The molecular formula is C55H87N23O14S. The number of aliphatic hydroxyl groups is 1. The Bertz CT molecular complexity index is 3000. The van der Waals surface area contributed by atoms with Crippen molar-refractivity contribution in [1.82, 2.24) is 67.8 Å². The number of aliphatic hydroxyl groups excluding tert-OH is 1. The van der Waals surface area contributed by atoms with Crippen molar-refractivity contribution in [3.63, 3.8) is 0 Å². The Morgan fingerprint density at radius 2 is 0.935 bits per heavy atom. The number of carboxylic acids is 2. The molecule has 3 rings (SSSR count). The summed E-state index contributed by atoms with van der Waals surface area (Å²) in [7, 11) is 0. The van der Waals surface area contributed by atoms with E-state index in [1.807, 2.05) is 0 Å². The summed E-state index contributed by atoms with van der Waals surface area (Å²) in [6.45, 7) is 0.355.